The maximum absolute atomic E-state index is 12.3. The van der Waals surface area contributed by atoms with E-state index in [9.17, 15) is 9.90 Å². The summed E-state index contributed by atoms with van der Waals surface area (Å²) in [6.45, 7) is 7.07. The van der Waals surface area contributed by atoms with Gasteiger partial charge >= 0.3 is 0 Å². The first-order valence-electron chi connectivity index (χ1n) is 8.57. The minimum Gasteiger partial charge on any atom is -0.389 e. The zero-order valence-electron chi connectivity index (χ0n) is 14.4. The molecule has 6 nitrogen and oxygen atoms in total. The van der Waals surface area contributed by atoms with Gasteiger partial charge in [-0.3, -0.25) is 9.48 Å². The fourth-order valence-corrected chi connectivity index (χ4v) is 2.97. The molecule has 1 heterocycles. The summed E-state index contributed by atoms with van der Waals surface area (Å²) in [7, 11) is 0. The summed E-state index contributed by atoms with van der Waals surface area (Å²) in [4.78, 5) is 12.3. The zero-order chi connectivity index (χ0) is 16.8. The molecule has 1 unspecified atom stereocenters. The van der Waals surface area contributed by atoms with Crippen molar-refractivity contribution in [1.29, 1.82) is 0 Å². The van der Waals surface area contributed by atoms with Crippen LogP contribution in [0.1, 0.15) is 61.6 Å². The van der Waals surface area contributed by atoms with E-state index in [-0.39, 0.29) is 19.1 Å². The second-order valence-corrected chi connectivity index (χ2v) is 6.82. The number of hydrogen-bond acceptors (Lipinski definition) is 4. The summed E-state index contributed by atoms with van der Waals surface area (Å²) in [6, 6.07) is 0.423. The third-order valence-electron chi connectivity index (χ3n) is 4.22. The van der Waals surface area contributed by atoms with Gasteiger partial charge in [-0.15, -0.1) is 0 Å². The fraction of sp³-hybridized carbons (Fsp3) is 0.765. The molecule has 1 aliphatic rings. The number of aliphatic hydroxyl groups is 1. The Balaban J connectivity index is 1.81. The van der Waals surface area contributed by atoms with Gasteiger partial charge in [0.25, 0.3) is 5.91 Å². The molecule has 0 bridgehead atoms. The summed E-state index contributed by atoms with van der Waals surface area (Å²) in [6.07, 6.45) is 5.67. The molecule has 0 saturated heterocycles. The van der Waals surface area contributed by atoms with Crippen LogP contribution in [-0.4, -0.2) is 46.7 Å². The molecule has 6 heteroatoms. The van der Waals surface area contributed by atoms with Crippen LogP contribution in [0.25, 0.3) is 0 Å². The number of hydrogen-bond donors (Lipinski definition) is 2. The van der Waals surface area contributed by atoms with Crippen LogP contribution in [0.4, 0.5) is 0 Å². The lowest BCUT2D eigenvalue weighted by Gasteiger charge is -2.14. The first-order valence-corrected chi connectivity index (χ1v) is 8.57. The van der Waals surface area contributed by atoms with Crippen molar-refractivity contribution in [3.05, 3.63) is 17.5 Å². The molecule has 1 aliphatic carbocycles. The maximum Gasteiger partial charge on any atom is 0.254 e. The molecule has 23 heavy (non-hydrogen) atoms. The van der Waals surface area contributed by atoms with E-state index >= 15 is 0 Å². The minimum atomic E-state index is -0.692. The van der Waals surface area contributed by atoms with Gasteiger partial charge in [0.2, 0.25) is 0 Å². The normalized spacial score (nSPS) is 16.9. The smallest absolute Gasteiger partial charge is 0.254 e. The van der Waals surface area contributed by atoms with Crippen molar-refractivity contribution in [2.24, 2.45) is 5.92 Å². The van der Waals surface area contributed by atoms with E-state index in [0.717, 1.165) is 18.5 Å². The molecular formula is C17H29N3O3. The van der Waals surface area contributed by atoms with Gasteiger partial charge in [0.1, 0.15) is 0 Å². The highest BCUT2D eigenvalue weighted by atomic mass is 16.5. The third kappa shape index (κ3) is 5.04. The number of aliphatic hydroxyl groups excluding tert-OH is 1. The molecular weight excluding hydrogens is 294 g/mol. The topological polar surface area (TPSA) is 76.4 Å². The van der Waals surface area contributed by atoms with Crippen molar-refractivity contribution in [3.63, 3.8) is 0 Å². The Bertz CT molecular complexity index is 507. The number of nitrogens with zero attached hydrogens (tertiary/aromatic N) is 2. The largest absolute Gasteiger partial charge is 0.389 e. The van der Waals surface area contributed by atoms with Crippen molar-refractivity contribution < 1.29 is 14.6 Å². The standard InChI is InChI=1S/C17H29N3O3/c1-12(2)10-23-11-15(21)8-18-17(22)16-9-19-20(13(16)3)14-6-4-5-7-14/h9,12,14-15,21H,4-8,10-11H2,1-3H3,(H,18,22). The van der Waals surface area contributed by atoms with E-state index in [1.54, 1.807) is 6.20 Å². The van der Waals surface area contributed by atoms with Crippen molar-refractivity contribution in [2.45, 2.75) is 58.6 Å². The van der Waals surface area contributed by atoms with E-state index in [1.807, 2.05) is 11.6 Å². The minimum absolute atomic E-state index is 0.185. The van der Waals surface area contributed by atoms with Crippen molar-refractivity contribution in [1.82, 2.24) is 15.1 Å². The van der Waals surface area contributed by atoms with Gasteiger partial charge in [-0.2, -0.15) is 5.10 Å². The highest BCUT2D eigenvalue weighted by Gasteiger charge is 2.22. The molecule has 0 spiro atoms. The van der Waals surface area contributed by atoms with Gasteiger partial charge in [-0.25, -0.2) is 0 Å². The number of ether oxygens (including phenoxy) is 1. The van der Waals surface area contributed by atoms with E-state index in [1.165, 1.54) is 12.8 Å². The average Bonchev–Trinajstić information content (AvgIpc) is 3.13. The highest BCUT2D eigenvalue weighted by Crippen LogP contribution is 2.30. The molecule has 1 atom stereocenters. The number of carbonyl (C=O) groups is 1. The third-order valence-corrected chi connectivity index (χ3v) is 4.22. The van der Waals surface area contributed by atoms with Gasteiger partial charge in [0.15, 0.2) is 0 Å². The lowest BCUT2D eigenvalue weighted by Crippen LogP contribution is -2.35. The quantitative estimate of drug-likeness (QED) is 0.768. The summed E-state index contributed by atoms with van der Waals surface area (Å²) >= 11 is 0. The lowest BCUT2D eigenvalue weighted by atomic mass is 10.2. The molecule has 1 fully saturated rings. The SMILES string of the molecule is Cc1c(C(=O)NCC(O)COCC(C)C)cnn1C1CCCC1. The zero-order valence-corrected chi connectivity index (χ0v) is 14.4. The first kappa shape index (κ1) is 17.9. The van der Waals surface area contributed by atoms with E-state index < -0.39 is 6.10 Å². The second kappa shape index (κ2) is 8.45. The number of nitrogens with one attached hydrogen (secondary N) is 1. The second-order valence-electron chi connectivity index (χ2n) is 6.82. The molecule has 0 radical (unpaired) electrons. The Morgan fingerprint density at radius 1 is 1.43 bits per heavy atom. The molecule has 0 aliphatic heterocycles. The molecule has 1 aromatic rings. The Morgan fingerprint density at radius 3 is 2.78 bits per heavy atom. The van der Waals surface area contributed by atoms with Gasteiger partial charge in [0, 0.05) is 18.8 Å². The fourth-order valence-electron chi connectivity index (χ4n) is 2.97. The molecule has 130 valence electrons. The van der Waals surface area contributed by atoms with Crippen LogP contribution < -0.4 is 5.32 Å². The van der Waals surface area contributed by atoms with Crippen molar-refractivity contribution >= 4 is 5.91 Å². The Morgan fingerprint density at radius 2 is 2.13 bits per heavy atom. The van der Waals surface area contributed by atoms with E-state index in [0.29, 0.717) is 24.1 Å². The van der Waals surface area contributed by atoms with Crippen LogP contribution in [0.5, 0.6) is 0 Å². The molecule has 2 rings (SSSR count). The predicted molar refractivity (Wildman–Crippen MR) is 88.5 cm³/mol. The van der Waals surface area contributed by atoms with Crippen LogP contribution in [0.3, 0.4) is 0 Å². The molecule has 1 amide bonds. The van der Waals surface area contributed by atoms with Gasteiger partial charge in [0.05, 0.1) is 30.5 Å². The summed E-state index contributed by atoms with van der Waals surface area (Å²) in [5, 5.41) is 17.0. The van der Waals surface area contributed by atoms with E-state index in [4.69, 9.17) is 4.74 Å². The van der Waals surface area contributed by atoms with E-state index in [2.05, 4.69) is 24.3 Å². The maximum atomic E-state index is 12.3. The van der Waals surface area contributed by atoms with Crippen LogP contribution >= 0.6 is 0 Å². The number of aromatic nitrogens is 2. The number of amides is 1. The van der Waals surface area contributed by atoms with Gasteiger partial charge < -0.3 is 15.2 Å². The molecule has 0 aromatic carbocycles. The Labute approximate surface area is 138 Å². The highest BCUT2D eigenvalue weighted by molar-refractivity contribution is 5.95. The van der Waals surface area contributed by atoms with Crippen molar-refractivity contribution in [2.75, 3.05) is 19.8 Å². The summed E-state index contributed by atoms with van der Waals surface area (Å²) in [5.74, 6) is 0.246. The lowest BCUT2D eigenvalue weighted by molar-refractivity contribution is 0.0259. The summed E-state index contributed by atoms with van der Waals surface area (Å²) < 4.78 is 7.35. The number of rotatable bonds is 8. The molecule has 2 N–H and O–H groups in total. The first-order chi connectivity index (χ1) is 11.0. The van der Waals surface area contributed by atoms with Crippen LogP contribution in [0, 0.1) is 12.8 Å². The predicted octanol–water partition coefficient (Wildman–Crippen LogP) is 2.07. The van der Waals surface area contributed by atoms with Crippen LogP contribution in [0.2, 0.25) is 0 Å². The summed E-state index contributed by atoms with van der Waals surface area (Å²) in [5.41, 5.74) is 1.49. The van der Waals surface area contributed by atoms with Gasteiger partial charge in [-0.05, 0) is 25.7 Å². The average molecular weight is 323 g/mol. The Hall–Kier alpha value is -1.40. The van der Waals surface area contributed by atoms with Crippen LogP contribution in [0.15, 0.2) is 6.20 Å². The Kier molecular flexibility index (Phi) is 6.59. The van der Waals surface area contributed by atoms with Crippen LogP contribution in [-0.2, 0) is 4.74 Å². The number of carbonyl (C=O) groups excluding carboxylic acids is 1. The van der Waals surface area contributed by atoms with Crippen molar-refractivity contribution in [3.8, 4) is 0 Å². The molecule has 1 aromatic heterocycles. The molecule has 1 saturated carbocycles. The van der Waals surface area contributed by atoms with Gasteiger partial charge in [-0.1, -0.05) is 26.7 Å². The monoisotopic (exact) mass is 323 g/mol.